The zero-order chi connectivity index (χ0) is 21.0. The number of amides is 1. The maximum atomic E-state index is 12.2. The van der Waals surface area contributed by atoms with Gasteiger partial charge in [0.25, 0.3) is 0 Å². The van der Waals surface area contributed by atoms with Crippen molar-refractivity contribution < 1.29 is 27.4 Å². The fourth-order valence-corrected chi connectivity index (χ4v) is 3.57. The smallest absolute Gasteiger partial charge is 0.248 e. The third-order valence-electron chi connectivity index (χ3n) is 4.18. The number of methoxy groups -OCH3 is 1. The van der Waals surface area contributed by atoms with E-state index in [9.17, 15) is 13.2 Å². The number of anilines is 1. The largest absolute Gasteiger partial charge is 0.493 e. The molecule has 0 fully saturated rings. The van der Waals surface area contributed by atoms with Crippen LogP contribution in [0.15, 0.2) is 47.4 Å². The van der Waals surface area contributed by atoms with E-state index in [2.05, 4.69) is 5.32 Å². The van der Waals surface area contributed by atoms with Gasteiger partial charge in [-0.15, -0.1) is 0 Å². The molecule has 0 spiro atoms. The maximum Gasteiger partial charge on any atom is 0.248 e. The minimum atomic E-state index is -3.51. The number of carbonyl (C=O) groups excluding carboxylic acids is 1. The van der Waals surface area contributed by atoms with Crippen molar-refractivity contribution in [2.45, 2.75) is 4.90 Å². The molecule has 1 heterocycles. The second kappa shape index (κ2) is 8.54. The molecule has 0 aliphatic carbocycles. The molecule has 2 aromatic carbocycles. The number of ether oxygens (including phenoxy) is 3. The minimum absolute atomic E-state index is 0.152. The van der Waals surface area contributed by atoms with Crippen LogP contribution in [0.25, 0.3) is 6.08 Å². The summed E-state index contributed by atoms with van der Waals surface area (Å²) in [6.45, 7) is 0.902. The third-order valence-corrected chi connectivity index (χ3v) is 6.01. The normalized spacial score (nSPS) is 13.5. The van der Waals surface area contributed by atoms with Gasteiger partial charge < -0.3 is 19.5 Å². The highest BCUT2D eigenvalue weighted by Gasteiger charge is 2.18. The molecule has 8 nitrogen and oxygen atoms in total. The fourth-order valence-electron chi connectivity index (χ4n) is 2.67. The van der Waals surface area contributed by atoms with Crippen LogP contribution in [0.1, 0.15) is 5.56 Å². The maximum absolute atomic E-state index is 12.2. The topological polar surface area (TPSA) is 94.2 Å². The quantitative estimate of drug-likeness (QED) is 0.724. The second-order valence-electron chi connectivity index (χ2n) is 6.38. The number of hydrogen-bond acceptors (Lipinski definition) is 6. The van der Waals surface area contributed by atoms with Crippen LogP contribution in [0.3, 0.4) is 0 Å². The lowest BCUT2D eigenvalue weighted by atomic mass is 10.1. The number of sulfonamides is 1. The Labute approximate surface area is 169 Å². The van der Waals surface area contributed by atoms with Crippen LogP contribution in [-0.4, -0.2) is 53.0 Å². The van der Waals surface area contributed by atoms with Crippen LogP contribution in [0, 0.1) is 0 Å². The van der Waals surface area contributed by atoms with Gasteiger partial charge in [0.2, 0.25) is 21.7 Å². The predicted octanol–water partition coefficient (Wildman–Crippen LogP) is 2.37. The number of carbonyl (C=O) groups is 1. The van der Waals surface area contributed by atoms with E-state index >= 15 is 0 Å². The van der Waals surface area contributed by atoms with E-state index < -0.39 is 10.0 Å². The molecule has 0 bridgehead atoms. The average molecular weight is 418 g/mol. The van der Waals surface area contributed by atoms with Crippen molar-refractivity contribution in [1.82, 2.24) is 4.31 Å². The molecule has 0 saturated heterocycles. The van der Waals surface area contributed by atoms with Crippen LogP contribution in [0.2, 0.25) is 0 Å². The van der Waals surface area contributed by atoms with Crippen LogP contribution in [0.4, 0.5) is 5.69 Å². The summed E-state index contributed by atoms with van der Waals surface area (Å²) in [5.74, 6) is 1.28. The number of fused-ring (bicyclic) bond motifs is 1. The van der Waals surface area contributed by atoms with Crippen molar-refractivity contribution in [3.05, 3.63) is 48.0 Å². The zero-order valence-corrected chi connectivity index (χ0v) is 17.2. The summed E-state index contributed by atoms with van der Waals surface area (Å²) < 4.78 is 41.7. The highest BCUT2D eigenvalue weighted by molar-refractivity contribution is 7.89. The Morgan fingerprint density at radius 3 is 2.48 bits per heavy atom. The lowest BCUT2D eigenvalue weighted by Crippen LogP contribution is -2.22. The predicted molar refractivity (Wildman–Crippen MR) is 109 cm³/mol. The molecule has 154 valence electrons. The van der Waals surface area contributed by atoms with Gasteiger partial charge in [-0.05, 0) is 48.0 Å². The standard InChI is InChI=1S/C20H22N2O6S/c1-22(2)29(24,25)16-7-5-15(6-8-16)21-19(23)9-4-14-12-17(26-3)20-18(13-14)27-10-11-28-20/h4-9,12-13H,10-11H2,1-3H3,(H,21,23)/b9-4+. The van der Waals surface area contributed by atoms with Crippen LogP contribution in [-0.2, 0) is 14.8 Å². The summed E-state index contributed by atoms with van der Waals surface area (Å²) in [5, 5.41) is 2.69. The first kappa shape index (κ1) is 20.7. The van der Waals surface area contributed by atoms with Crippen LogP contribution >= 0.6 is 0 Å². The highest BCUT2D eigenvalue weighted by atomic mass is 32.2. The summed E-state index contributed by atoms with van der Waals surface area (Å²) in [7, 11) is 0.948. The van der Waals surface area contributed by atoms with Crippen LogP contribution < -0.4 is 19.5 Å². The van der Waals surface area contributed by atoms with E-state index in [0.29, 0.717) is 41.7 Å². The molecular formula is C20H22N2O6S. The molecule has 0 radical (unpaired) electrons. The minimum Gasteiger partial charge on any atom is -0.493 e. The first-order chi connectivity index (χ1) is 13.8. The van der Waals surface area contributed by atoms with Crippen molar-refractivity contribution in [2.24, 2.45) is 0 Å². The molecule has 1 amide bonds. The Hall–Kier alpha value is -3.04. The summed E-state index contributed by atoms with van der Waals surface area (Å²) >= 11 is 0. The average Bonchev–Trinajstić information content (AvgIpc) is 2.72. The monoisotopic (exact) mass is 418 g/mol. The molecule has 1 aliphatic rings. The molecular weight excluding hydrogens is 396 g/mol. The molecule has 0 saturated carbocycles. The Balaban J connectivity index is 1.70. The van der Waals surface area contributed by atoms with Crippen molar-refractivity contribution in [3.63, 3.8) is 0 Å². The summed E-state index contributed by atoms with van der Waals surface area (Å²) in [6, 6.07) is 9.48. The van der Waals surface area contributed by atoms with Crippen molar-refractivity contribution >= 4 is 27.7 Å². The number of hydrogen-bond donors (Lipinski definition) is 1. The Morgan fingerprint density at radius 2 is 1.83 bits per heavy atom. The Kier molecular flexibility index (Phi) is 6.09. The van der Waals surface area contributed by atoms with Gasteiger partial charge >= 0.3 is 0 Å². The number of nitrogens with one attached hydrogen (secondary N) is 1. The van der Waals surface area contributed by atoms with E-state index in [-0.39, 0.29) is 10.8 Å². The third kappa shape index (κ3) is 4.69. The van der Waals surface area contributed by atoms with Gasteiger partial charge in [-0.25, -0.2) is 12.7 Å². The van der Waals surface area contributed by atoms with Crippen LogP contribution in [0.5, 0.6) is 17.2 Å². The molecule has 1 aliphatic heterocycles. The first-order valence-electron chi connectivity index (χ1n) is 8.80. The molecule has 2 aromatic rings. The molecule has 0 aromatic heterocycles. The molecule has 9 heteroatoms. The van der Waals surface area contributed by atoms with Gasteiger partial charge in [0.05, 0.1) is 12.0 Å². The van der Waals surface area contributed by atoms with Gasteiger partial charge in [0, 0.05) is 25.9 Å². The Morgan fingerprint density at radius 1 is 1.14 bits per heavy atom. The summed E-state index contributed by atoms with van der Waals surface area (Å²) in [6.07, 6.45) is 3.00. The number of benzene rings is 2. The first-order valence-corrected chi connectivity index (χ1v) is 10.2. The van der Waals surface area contributed by atoms with E-state index in [1.807, 2.05) is 0 Å². The van der Waals surface area contributed by atoms with Gasteiger partial charge in [-0.1, -0.05) is 0 Å². The molecule has 0 atom stereocenters. The van der Waals surface area contributed by atoms with Gasteiger partial charge in [0.15, 0.2) is 11.5 Å². The number of nitrogens with zero attached hydrogens (tertiary/aromatic N) is 1. The van der Waals surface area contributed by atoms with Crippen molar-refractivity contribution in [1.29, 1.82) is 0 Å². The lowest BCUT2D eigenvalue weighted by Gasteiger charge is -2.20. The molecule has 29 heavy (non-hydrogen) atoms. The van der Waals surface area contributed by atoms with E-state index in [4.69, 9.17) is 14.2 Å². The molecule has 0 unspecified atom stereocenters. The van der Waals surface area contributed by atoms with Gasteiger partial charge in [0.1, 0.15) is 13.2 Å². The molecule has 1 N–H and O–H groups in total. The van der Waals surface area contributed by atoms with Gasteiger partial charge in [-0.3, -0.25) is 4.79 Å². The Bertz CT molecular complexity index is 1010. The van der Waals surface area contributed by atoms with Crippen molar-refractivity contribution in [2.75, 3.05) is 39.7 Å². The van der Waals surface area contributed by atoms with Gasteiger partial charge in [-0.2, -0.15) is 0 Å². The number of rotatable bonds is 6. The van der Waals surface area contributed by atoms with E-state index in [1.54, 1.807) is 18.2 Å². The van der Waals surface area contributed by atoms with Crippen molar-refractivity contribution in [3.8, 4) is 17.2 Å². The summed E-state index contributed by atoms with van der Waals surface area (Å²) in [4.78, 5) is 12.4. The molecule has 3 rings (SSSR count). The SMILES string of the molecule is COc1cc(/C=C/C(=O)Nc2ccc(S(=O)(=O)N(C)C)cc2)cc2c1OCCO2. The zero-order valence-electron chi connectivity index (χ0n) is 16.3. The lowest BCUT2D eigenvalue weighted by molar-refractivity contribution is -0.111. The summed E-state index contributed by atoms with van der Waals surface area (Å²) in [5.41, 5.74) is 1.20. The second-order valence-corrected chi connectivity index (χ2v) is 8.53. The highest BCUT2D eigenvalue weighted by Crippen LogP contribution is 2.40. The van der Waals surface area contributed by atoms with E-state index in [0.717, 1.165) is 4.31 Å². The fraction of sp³-hybridized carbons (Fsp3) is 0.250. The van der Waals surface area contributed by atoms with E-state index in [1.165, 1.54) is 51.5 Å².